The third kappa shape index (κ3) is 0.611. The molecule has 3 heteroatoms. The minimum Gasteiger partial charge on any atom is -0.481 e. The van der Waals surface area contributed by atoms with Crippen molar-refractivity contribution in [3.8, 4) is 0 Å². The van der Waals surface area contributed by atoms with Crippen LogP contribution in [0.5, 0.6) is 0 Å². The Labute approximate surface area is 58.7 Å². The number of aliphatic hydroxyl groups excluding tert-OH is 1. The van der Waals surface area contributed by atoms with Gasteiger partial charge in [-0.05, 0) is 24.7 Å². The predicted octanol–water partition coefficient (Wildman–Crippen LogP) is 0.232. The van der Waals surface area contributed by atoms with Gasteiger partial charge in [0.15, 0.2) is 0 Å². The molecule has 1 atom stereocenters. The summed E-state index contributed by atoms with van der Waals surface area (Å²) in [6.07, 6.45) is 2.00. The summed E-state index contributed by atoms with van der Waals surface area (Å²) in [6.45, 7) is 0. The number of hydrogen-bond acceptors (Lipinski definition) is 2. The van der Waals surface area contributed by atoms with Crippen LogP contribution in [0.2, 0.25) is 0 Å². The zero-order valence-electron chi connectivity index (χ0n) is 5.58. The Bertz CT molecular complexity index is 181. The van der Waals surface area contributed by atoms with Gasteiger partial charge < -0.3 is 10.2 Å². The first kappa shape index (κ1) is 6.16. The van der Waals surface area contributed by atoms with E-state index in [0.29, 0.717) is 12.8 Å². The molecule has 2 saturated carbocycles. The fourth-order valence-electron chi connectivity index (χ4n) is 2.03. The van der Waals surface area contributed by atoms with Crippen molar-refractivity contribution in [1.29, 1.82) is 0 Å². The Hall–Kier alpha value is -0.570. The summed E-state index contributed by atoms with van der Waals surface area (Å²) in [6, 6.07) is 0. The third-order valence-electron chi connectivity index (χ3n) is 2.77. The van der Waals surface area contributed by atoms with Gasteiger partial charge >= 0.3 is 5.97 Å². The topological polar surface area (TPSA) is 57.5 Å². The Balaban J connectivity index is 1.96. The highest BCUT2D eigenvalue weighted by molar-refractivity contribution is 5.75. The average molecular weight is 142 g/mol. The van der Waals surface area contributed by atoms with E-state index >= 15 is 0 Å². The van der Waals surface area contributed by atoms with Gasteiger partial charge in [0.05, 0.1) is 12.0 Å². The van der Waals surface area contributed by atoms with Gasteiger partial charge in [0.1, 0.15) is 0 Å². The summed E-state index contributed by atoms with van der Waals surface area (Å²) in [5.74, 6) is -0.831. The smallest absolute Gasteiger partial charge is 0.307 e. The molecule has 2 rings (SSSR count). The van der Waals surface area contributed by atoms with Gasteiger partial charge in [-0.15, -0.1) is 0 Å². The molecule has 0 bridgehead atoms. The zero-order valence-corrected chi connectivity index (χ0v) is 5.58. The lowest BCUT2D eigenvalue weighted by Crippen LogP contribution is -2.32. The van der Waals surface area contributed by atoms with E-state index in [0.717, 1.165) is 6.42 Å². The van der Waals surface area contributed by atoms with Crippen molar-refractivity contribution in [2.75, 3.05) is 0 Å². The minimum absolute atomic E-state index is 0.0330. The lowest BCUT2D eigenvalue weighted by Gasteiger charge is -2.32. The average Bonchev–Trinajstić information content (AvgIpc) is 2.40. The molecule has 1 unspecified atom stereocenters. The molecular weight excluding hydrogens is 132 g/mol. The van der Waals surface area contributed by atoms with Crippen LogP contribution >= 0.6 is 0 Å². The van der Waals surface area contributed by atoms with Crippen LogP contribution in [-0.2, 0) is 4.79 Å². The highest BCUT2D eigenvalue weighted by atomic mass is 16.4. The van der Waals surface area contributed by atoms with Crippen LogP contribution in [0, 0.1) is 11.3 Å². The van der Waals surface area contributed by atoms with Crippen LogP contribution in [0.1, 0.15) is 19.3 Å². The number of carboxylic acid groups (broad SMARTS) is 1. The van der Waals surface area contributed by atoms with Crippen LogP contribution in [0.25, 0.3) is 0 Å². The van der Waals surface area contributed by atoms with Crippen molar-refractivity contribution in [3.63, 3.8) is 0 Å². The number of hydrogen-bond donors (Lipinski definition) is 2. The molecule has 0 heterocycles. The molecule has 0 saturated heterocycles. The van der Waals surface area contributed by atoms with E-state index in [9.17, 15) is 4.79 Å². The van der Waals surface area contributed by atoms with E-state index in [1.54, 1.807) is 0 Å². The minimum atomic E-state index is -0.688. The first-order valence-electron chi connectivity index (χ1n) is 3.55. The number of carbonyl (C=O) groups is 1. The van der Waals surface area contributed by atoms with Crippen LogP contribution in [0.3, 0.4) is 0 Å². The molecule has 0 aromatic heterocycles. The summed E-state index contributed by atoms with van der Waals surface area (Å²) in [5.41, 5.74) is 0.0330. The Morgan fingerprint density at radius 2 is 2.00 bits per heavy atom. The fraction of sp³-hybridized carbons (Fsp3) is 0.857. The number of carboxylic acids is 1. The predicted molar refractivity (Wildman–Crippen MR) is 33.4 cm³/mol. The Morgan fingerprint density at radius 1 is 1.40 bits per heavy atom. The molecule has 0 aromatic carbocycles. The summed E-state index contributed by atoms with van der Waals surface area (Å²) in [7, 11) is 0. The van der Waals surface area contributed by atoms with Crippen LogP contribution < -0.4 is 0 Å². The van der Waals surface area contributed by atoms with Crippen molar-refractivity contribution in [1.82, 2.24) is 0 Å². The number of rotatable bonds is 1. The molecule has 3 nitrogen and oxygen atoms in total. The van der Waals surface area contributed by atoms with Crippen molar-refractivity contribution in [2.24, 2.45) is 11.3 Å². The van der Waals surface area contributed by atoms with Gasteiger partial charge in [-0.1, -0.05) is 0 Å². The summed E-state index contributed by atoms with van der Waals surface area (Å²) < 4.78 is 0. The van der Waals surface area contributed by atoms with Gasteiger partial charge in [-0.2, -0.15) is 0 Å². The molecule has 0 amide bonds. The van der Waals surface area contributed by atoms with Gasteiger partial charge in [-0.3, -0.25) is 4.79 Å². The maximum absolute atomic E-state index is 10.4. The summed E-state index contributed by atoms with van der Waals surface area (Å²) in [5, 5.41) is 17.5. The van der Waals surface area contributed by atoms with E-state index < -0.39 is 5.97 Å². The second-order valence-corrected chi connectivity index (χ2v) is 3.52. The van der Waals surface area contributed by atoms with Gasteiger partial charge in [-0.25, -0.2) is 0 Å². The zero-order chi connectivity index (χ0) is 7.35. The summed E-state index contributed by atoms with van der Waals surface area (Å²) >= 11 is 0. The van der Waals surface area contributed by atoms with Crippen LogP contribution in [0.15, 0.2) is 0 Å². The van der Waals surface area contributed by atoms with Crippen LogP contribution in [-0.4, -0.2) is 22.3 Å². The Morgan fingerprint density at radius 3 is 2.30 bits per heavy atom. The molecule has 0 radical (unpaired) electrons. The van der Waals surface area contributed by atoms with Crippen LogP contribution in [0.4, 0.5) is 0 Å². The highest BCUT2D eigenvalue weighted by Crippen LogP contribution is 2.65. The maximum atomic E-state index is 10.4. The van der Waals surface area contributed by atoms with Crippen molar-refractivity contribution >= 4 is 5.97 Å². The van der Waals surface area contributed by atoms with Gasteiger partial charge in [0, 0.05) is 0 Å². The first-order valence-corrected chi connectivity index (χ1v) is 3.55. The molecule has 0 aromatic rings. The molecule has 2 fully saturated rings. The van der Waals surface area contributed by atoms with E-state index in [-0.39, 0.29) is 17.4 Å². The lowest BCUT2D eigenvalue weighted by molar-refractivity contribution is -0.140. The highest BCUT2D eigenvalue weighted by Gasteiger charge is 2.64. The number of aliphatic carboxylic acids is 1. The molecule has 2 aliphatic carbocycles. The van der Waals surface area contributed by atoms with Gasteiger partial charge in [0.2, 0.25) is 0 Å². The molecule has 1 spiro atoms. The molecule has 2 aliphatic rings. The lowest BCUT2D eigenvalue weighted by atomic mass is 9.77. The molecular formula is C7H10O3. The monoisotopic (exact) mass is 142 g/mol. The van der Waals surface area contributed by atoms with E-state index in [1.807, 2.05) is 0 Å². The van der Waals surface area contributed by atoms with Crippen molar-refractivity contribution in [3.05, 3.63) is 0 Å². The molecule has 0 aliphatic heterocycles. The molecule has 56 valence electrons. The second kappa shape index (κ2) is 1.53. The van der Waals surface area contributed by atoms with Crippen molar-refractivity contribution in [2.45, 2.75) is 25.4 Å². The molecule has 2 N–H and O–H groups in total. The third-order valence-corrected chi connectivity index (χ3v) is 2.77. The largest absolute Gasteiger partial charge is 0.481 e. The Kier molecular flexibility index (Phi) is 0.944. The normalized spacial score (nSPS) is 50.5. The quantitative estimate of drug-likeness (QED) is 0.551. The SMILES string of the molecule is O=C(O)C1CC12CC(O)C2. The molecule has 10 heavy (non-hydrogen) atoms. The summed E-state index contributed by atoms with van der Waals surface area (Å²) in [4.78, 5) is 10.4. The van der Waals surface area contributed by atoms with Gasteiger partial charge in [0.25, 0.3) is 0 Å². The first-order chi connectivity index (χ1) is 4.64. The fourth-order valence-corrected chi connectivity index (χ4v) is 2.03. The van der Waals surface area contributed by atoms with E-state index in [2.05, 4.69) is 0 Å². The van der Waals surface area contributed by atoms with E-state index in [4.69, 9.17) is 10.2 Å². The second-order valence-electron chi connectivity index (χ2n) is 3.52. The van der Waals surface area contributed by atoms with E-state index in [1.165, 1.54) is 0 Å². The van der Waals surface area contributed by atoms with Crippen molar-refractivity contribution < 1.29 is 15.0 Å². The maximum Gasteiger partial charge on any atom is 0.307 e. The standard InChI is InChI=1S/C7H10O3/c8-4-1-7(2-4)3-5(7)6(9)10/h4-5,8H,1-3H2,(H,9,10). The number of aliphatic hydroxyl groups is 1.